The lowest BCUT2D eigenvalue weighted by molar-refractivity contribution is 0.390. The van der Waals surface area contributed by atoms with Gasteiger partial charge in [0, 0.05) is 18.1 Å². The second-order valence-corrected chi connectivity index (χ2v) is 4.86. The summed E-state index contributed by atoms with van der Waals surface area (Å²) in [6.07, 6.45) is 5.22. The second kappa shape index (κ2) is 5.69. The maximum absolute atomic E-state index is 13.0. The molecule has 5 heteroatoms. The Bertz CT molecular complexity index is 433. The summed E-state index contributed by atoms with van der Waals surface area (Å²) in [5.74, 6) is -3.97. The third-order valence-electron chi connectivity index (χ3n) is 3.11. The van der Waals surface area contributed by atoms with Crippen molar-refractivity contribution < 1.29 is 17.9 Å². The molecular weight excluding hydrogens is 261 g/mol. The first-order valence-electron chi connectivity index (χ1n) is 5.94. The third kappa shape index (κ3) is 3.02. The van der Waals surface area contributed by atoms with Gasteiger partial charge >= 0.3 is 0 Å². The molecule has 18 heavy (non-hydrogen) atoms. The molecule has 1 nitrogen and oxygen atoms in total. The first kappa shape index (κ1) is 13.3. The molecule has 98 valence electrons. The van der Waals surface area contributed by atoms with E-state index in [-0.39, 0.29) is 11.7 Å². The van der Waals surface area contributed by atoms with Crippen molar-refractivity contribution in [1.29, 1.82) is 0 Å². The molecule has 1 saturated carbocycles. The van der Waals surface area contributed by atoms with E-state index < -0.39 is 17.5 Å². The van der Waals surface area contributed by atoms with E-state index in [1.54, 1.807) is 0 Å². The molecular formula is C13H13F3OS. The quantitative estimate of drug-likeness (QED) is 0.584. The van der Waals surface area contributed by atoms with Crippen molar-refractivity contribution in [3.05, 3.63) is 29.6 Å². The minimum Gasteiger partial charge on any atom is -0.450 e. The molecule has 1 fully saturated rings. The van der Waals surface area contributed by atoms with E-state index in [9.17, 15) is 13.2 Å². The molecule has 1 aromatic carbocycles. The van der Waals surface area contributed by atoms with Gasteiger partial charge in [-0.3, -0.25) is 0 Å². The van der Waals surface area contributed by atoms with Crippen LogP contribution < -0.4 is 4.74 Å². The zero-order chi connectivity index (χ0) is 13.1. The van der Waals surface area contributed by atoms with Crippen LogP contribution in [0.2, 0.25) is 0 Å². The van der Waals surface area contributed by atoms with Gasteiger partial charge in [-0.1, -0.05) is 19.3 Å². The Morgan fingerprint density at radius 1 is 1.06 bits per heavy atom. The fraction of sp³-hybridized carbons (Fsp3) is 0.462. The van der Waals surface area contributed by atoms with Crippen LogP contribution in [0.3, 0.4) is 0 Å². The average Bonchev–Trinajstić information content (AvgIpc) is 2.37. The summed E-state index contributed by atoms with van der Waals surface area (Å²) >= 11 is 5.11. The van der Waals surface area contributed by atoms with E-state index in [1.165, 1.54) is 6.42 Å². The smallest absolute Gasteiger partial charge is 0.194 e. The first-order chi connectivity index (χ1) is 8.58. The van der Waals surface area contributed by atoms with Crippen molar-refractivity contribution >= 4 is 17.3 Å². The van der Waals surface area contributed by atoms with Gasteiger partial charge in [-0.2, -0.15) is 0 Å². The maximum Gasteiger partial charge on any atom is 0.194 e. The molecule has 2 rings (SSSR count). The van der Waals surface area contributed by atoms with Crippen LogP contribution in [0.15, 0.2) is 12.1 Å². The first-order valence-corrected chi connectivity index (χ1v) is 6.35. The fourth-order valence-electron chi connectivity index (χ4n) is 2.13. The van der Waals surface area contributed by atoms with Crippen molar-refractivity contribution in [2.24, 2.45) is 5.92 Å². The number of hydrogen-bond acceptors (Lipinski definition) is 2. The largest absolute Gasteiger partial charge is 0.450 e. The lowest BCUT2D eigenvalue weighted by Crippen LogP contribution is -2.21. The molecule has 0 heterocycles. The maximum atomic E-state index is 13.0. The van der Waals surface area contributed by atoms with E-state index in [0.29, 0.717) is 5.05 Å². The summed E-state index contributed by atoms with van der Waals surface area (Å²) in [7, 11) is 0. The van der Waals surface area contributed by atoms with Crippen molar-refractivity contribution in [3.8, 4) is 5.75 Å². The number of benzene rings is 1. The van der Waals surface area contributed by atoms with Crippen LogP contribution >= 0.6 is 12.2 Å². The van der Waals surface area contributed by atoms with E-state index in [0.717, 1.165) is 37.8 Å². The van der Waals surface area contributed by atoms with Crippen molar-refractivity contribution in [2.75, 3.05) is 0 Å². The molecule has 0 radical (unpaired) electrons. The Kier molecular flexibility index (Phi) is 4.22. The standard InChI is InChI=1S/C13H13F3OS/c14-10-6-9(7-11(15)12(10)16)17-13(18)8-4-2-1-3-5-8/h6-8H,1-5H2. The highest BCUT2D eigenvalue weighted by molar-refractivity contribution is 7.80. The average molecular weight is 274 g/mol. The lowest BCUT2D eigenvalue weighted by atomic mass is 9.90. The van der Waals surface area contributed by atoms with Crippen LogP contribution in [-0.4, -0.2) is 5.05 Å². The highest BCUT2D eigenvalue weighted by Gasteiger charge is 2.20. The minimum atomic E-state index is -1.49. The summed E-state index contributed by atoms with van der Waals surface area (Å²) < 4.78 is 44.0. The Morgan fingerprint density at radius 3 is 2.17 bits per heavy atom. The number of ether oxygens (including phenoxy) is 1. The summed E-state index contributed by atoms with van der Waals surface area (Å²) in [4.78, 5) is 0. The molecule has 0 aromatic heterocycles. The van der Waals surface area contributed by atoms with Gasteiger partial charge in [-0.15, -0.1) is 0 Å². The minimum absolute atomic E-state index is 0.0815. The predicted molar refractivity (Wildman–Crippen MR) is 66.1 cm³/mol. The predicted octanol–water partition coefficient (Wildman–Crippen LogP) is 4.39. The highest BCUT2D eigenvalue weighted by Crippen LogP contribution is 2.27. The molecule has 0 N–H and O–H groups in total. The molecule has 0 amide bonds. The van der Waals surface area contributed by atoms with E-state index in [1.807, 2.05) is 0 Å². The number of thiocarbonyl (C=S) groups is 1. The van der Waals surface area contributed by atoms with Gasteiger partial charge in [-0.05, 0) is 25.1 Å². The molecule has 1 aliphatic carbocycles. The number of hydrogen-bond donors (Lipinski definition) is 0. The zero-order valence-electron chi connectivity index (χ0n) is 9.72. The highest BCUT2D eigenvalue weighted by atomic mass is 32.1. The lowest BCUT2D eigenvalue weighted by Gasteiger charge is -2.22. The van der Waals surface area contributed by atoms with Gasteiger partial charge in [0.15, 0.2) is 22.5 Å². The van der Waals surface area contributed by atoms with Gasteiger partial charge in [0.1, 0.15) is 5.75 Å². The van der Waals surface area contributed by atoms with E-state index in [4.69, 9.17) is 17.0 Å². The van der Waals surface area contributed by atoms with Crippen molar-refractivity contribution in [2.45, 2.75) is 32.1 Å². The molecule has 0 atom stereocenters. The molecule has 0 unspecified atom stereocenters. The molecule has 0 saturated heterocycles. The molecule has 1 aliphatic rings. The Hall–Kier alpha value is -1.10. The number of rotatable bonds is 2. The van der Waals surface area contributed by atoms with Gasteiger partial charge < -0.3 is 4.74 Å². The summed E-state index contributed by atoms with van der Waals surface area (Å²) in [5.41, 5.74) is 0. The molecule has 0 spiro atoms. The normalized spacial score (nSPS) is 16.6. The number of halogens is 3. The van der Waals surface area contributed by atoms with Gasteiger partial charge in [-0.25, -0.2) is 13.2 Å². The fourth-order valence-corrected chi connectivity index (χ4v) is 2.46. The van der Waals surface area contributed by atoms with Gasteiger partial charge in [0.05, 0.1) is 0 Å². The monoisotopic (exact) mass is 274 g/mol. The zero-order valence-corrected chi connectivity index (χ0v) is 10.5. The van der Waals surface area contributed by atoms with Crippen LogP contribution in [0, 0.1) is 23.4 Å². The SMILES string of the molecule is Fc1cc(OC(=S)C2CCCCC2)cc(F)c1F. The van der Waals surface area contributed by atoms with Crippen molar-refractivity contribution in [3.63, 3.8) is 0 Å². The van der Waals surface area contributed by atoms with Crippen LogP contribution in [0.5, 0.6) is 5.75 Å². The summed E-state index contributed by atoms with van der Waals surface area (Å²) in [5, 5.41) is 0.333. The molecule has 1 aromatic rings. The van der Waals surface area contributed by atoms with Gasteiger partial charge in [0.25, 0.3) is 0 Å². The Balaban J connectivity index is 2.06. The second-order valence-electron chi connectivity index (χ2n) is 4.46. The van der Waals surface area contributed by atoms with Crippen LogP contribution in [-0.2, 0) is 0 Å². The molecule has 0 aliphatic heterocycles. The summed E-state index contributed by atoms with van der Waals surface area (Å²) in [6.45, 7) is 0. The van der Waals surface area contributed by atoms with E-state index >= 15 is 0 Å². The van der Waals surface area contributed by atoms with E-state index in [2.05, 4.69) is 0 Å². The Morgan fingerprint density at radius 2 is 1.61 bits per heavy atom. The van der Waals surface area contributed by atoms with Crippen LogP contribution in [0.4, 0.5) is 13.2 Å². The molecule has 0 bridgehead atoms. The van der Waals surface area contributed by atoms with Crippen molar-refractivity contribution in [1.82, 2.24) is 0 Å². The third-order valence-corrected chi connectivity index (χ3v) is 3.53. The van der Waals surface area contributed by atoms with Gasteiger partial charge in [0.2, 0.25) is 0 Å². The Labute approximate surface area is 109 Å². The summed E-state index contributed by atoms with van der Waals surface area (Å²) in [6, 6.07) is 1.63. The van der Waals surface area contributed by atoms with Crippen LogP contribution in [0.25, 0.3) is 0 Å². The topological polar surface area (TPSA) is 9.23 Å². The van der Waals surface area contributed by atoms with Crippen LogP contribution in [0.1, 0.15) is 32.1 Å².